The Kier molecular flexibility index (Phi) is 4.84. The van der Waals surface area contributed by atoms with Crippen LogP contribution in [-0.2, 0) is 9.59 Å². The Morgan fingerprint density at radius 2 is 2.12 bits per heavy atom. The Morgan fingerprint density at radius 1 is 1.47 bits per heavy atom. The number of carbonyl (C=O) groups is 2. The molecule has 1 unspecified atom stereocenters. The third-order valence-corrected chi connectivity index (χ3v) is 3.10. The Labute approximate surface area is 103 Å². The lowest BCUT2D eigenvalue weighted by Gasteiger charge is -2.14. The molecule has 0 aliphatic heterocycles. The van der Waals surface area contributed by atoms with E-state index < -0.39 is 17.9 Å². The van der Waals surface area contributed by atoms with Crippen molar-refractivity contribution in [2.45, 2.75) is 17.9 Å². The number of aliphatic carboxylic acids is 1. The minimum Gasteiger partial charge on any atom is -0.480 e. The number of para-hydroxylation sites is 1. The Hall–Kier alpha value is -1.69. The molecule has 1 atom stereocenters. The molecule has 1 aromatic carbocycles. The van der Waals surface area contributed by atoms with E-state index in [4.69, 9.17) is 10.8 Å². The average molecular weight is 254 g/mol. The molecule has 0 heterocycles. The summed E-state index contributed by atoms with van der Waals surface area (Å²) < 4.78 is 0. The van der Waals surface area contributed by atoms with Crippen molar-refractivity contribution in [2.24, 2.45) is 5.73 Å². The van der Waals surface area contributed by atoms with Gasteiger partial charge in [0.2, 0.25) is 5.91 Å². The van der Waals surface area contributed by atoms with E-state index in [0.717, 1.165) is 4.90 Å². The van der Waals surface area contributed by atoms with Crippen molar-refractivity contribution in [3.8, 4) is 0 Å². The number of carboxylic acid groups (broad SMARTS) is 1. The fourth-order valence-corrected chi connectivity index (χ4v) is 1.91. The van der Waals surface area contributed by atoms with E-state index in [2.05, 4.69) is 5.32 Å². The minimum absolute atomic E-state index is 0.167. The first-order valence-corrected chi connectivity index (χ1v) is 5.98. The van der Waals surface area contributed by atoms with Crippen LogP contribution in [0.3, 0.4) is 0 Å². The molecule has 1 rings (SSSR count). The van der Waals surface area contributed by atoms with Gasteiger partial charge in [-0.3, -0.25) is 9.59 Å². The number of benzene rings is 1. The number of hydrogen-bond donors (Lipinski definition) is 3. The van der Waals surface area contributed by atoms with Crippen molar-refractivity contribution in [1.82, 2.24) is 0 Å². The number of carbonyl (C=O) groups excluding carboxylic acids is 1. The standard InChI is InChI=1S/C11H14N2O3S/c1-7(11(15)16)13-8-4-2-3-5-9(8)17-6-10(12)14/h2-5,7,13H,6H2,1H3,(H2,12,14)(H,15,16). The van der Waals surface area contributed by atoms with E-state index in [1.54, 1.807) is 19.1 Å². The highest BCUT2D eigenvalue weighted by Gasteiger charge is 2.12. The molecule has 1 amide bonds. The van der Waals surface area contributed by atoms with Crippen molar-refractivity contribution in [3.63, 3.8) is 0 Å². The van der Waals surface area contributed by atoms with E-state index in [-0.39, 0.29) is 5.75 Å². The van der Waals surface area contributed by atoms with Crippen LogP contribution >= 0.6 is 11.8 Å². The van der Waals surface area contributed by atoms with Crippen LogP contribution in [0.15, 0.2) is 29.2 Å². The average Bonchev–Trinajstić information content (AvgIpc) is 2.27. The van der Waals surface area contributed by atoms with Crippen molar-refractivity contribution >= 4 is 29.3 Å². The summed E-state index contributed by atoms with van der Waals surface area (Å²) >= 11 is 1.28. The highest BCUT2D eigenvalue weighted by molar-refractivity contribution is 8.00. The SMILES string of the molecule is CC(Nc1ccccc1SCC(N)=O)C(=O)O. The molecule has 1 aromatic rings. The molecule has 0 saturated carbocycles. The maximum atomic E-state index is 10.7. The zero-order chi connectivity index (χ0) is 12.8. The topological polar surface area (TPSA) is 92.4 Å². The number of amides is 1. The first-order valence-electron chi connectivity index (χ1n) is 5.00. The van der Waals surface area contributed by atoms with Crippen LogP contribution in [0.4, 0.5) is 5.69 Å². The lowest BCUT2D eigenvalue weighted by atomic mass is 10.2. The summed E-state index contributed by atoms with van der Waals surface area (Å²) in [5.41, 5.74) is 5.75. The van der Waals surface area contributed by atoms with Gasteiger partial charge in [0.1, 0.15) is 6.04 Å². The molecule has 0 aliphatic rings. The van der Waals surface area contributed by atoms with Gasteiger partial charge in [0, 0.05) is 10.6 Å². The Morgan fingerprint density at radius 3 is 2.71 bits per heavy atom. The van der Waals surface area contributed by atoms with Gasteiger partial charge in [-0.2, -0.15) is 0 Å². The maximum Gasteiger partial charge on any atom is 0.325 e. The highest BCUT2D eigenvalue weighted by atomic mass is 32.2. The van der Waals surface area contributed by atoms with Crippen LogP contribution in [0, 0.1) is 0 Å². The number of nitrogens with one attached hydrogen (secondary N) is 1. The molecule has 0 saturated heterocycles. The number of hydrogen-bond acceptors (Lipinski definition) is 4. The largest absolute Gasteiger partial charge is 0.480 e. The van der Waals surface area contributed by atoms with Crippen molar-refractivity contribution in [3.05, 3.63) is 24.3 Å². The third-order valence-electron chi connectivity index (χ3n) is 2.00. The quantitative estimate of drug-likeness (QED) is 0.662. The van der Waals surface area contributed by atoms with Gasteiger partial charge < -0.3 is 16.2 Å². The summed E-state index contributed by atoms with van der Waals surface area (Å²) in [6.45, 7) is 1.55. The normalized spacial score (nSPS) is 11.8. The summed E-state index contributed by atoms with van der Waals surface area (Å²) in [6.07, 6.45) is 0. The van der Waals surface area contributed by atoms with Crippen LogP contribution in [0.1, 0.15) is 6.92 Å². The fraction of sp³-hybridized carbons (Fsp3) is 0.273. The third kappa shape index (κ3) is 4.36. The van der Waals surface area contributed by atoms with Gasteiger partial charge in [-0.25, -0.2) is 0 Å². The number of carboxylic acids is 1. The smallest absolute Gasteiger partial charge is 0.325 e. The molecular formula is C11H14N2O3S. The van der Waals surface area contributed by atoms with Gasteiger partial charge in [-0.05, 0) is 19.1 Å². The molecule has 0 fully saturated rings. The molecule has 0 aliphatic carbocycles. The molecule has 0 bridgehead atoms. The van der Waals surface area contributed by atoms with Gasteiger partial charge in [0.05, 0.1) is 5.75 Å². The molecule has 0 spiro atoms. The van der Waals surface area contributed by atoms with E-state index in [0.29, 0.717) is 5.69 Å². The van der Waals surface area contributed by atoms with Gasteiger partial charge in [-0.15, -0.1) is 11.8 Å². The Balaban J connectivity index is 2.77. The Bertz CT molecular complexity index is 423. The summed E-state index contributed by atoms with van der Waals surface area (Å²) in [4.78, 5) is 22.2. The fourth-order valence-electron chi connectivity index (χ4n) is 1.16. The molecule has 4 N–H and O–H groups in total. The predicted octanol–water partition coefficient (Wildman–Crippen LogP) is 1.15. The number of anilines is 1. The van der Waals surface area contributed by atoms with Crippen LogP contribution in [0.2, 0.25) is 0 Å². The molecule has 6 heteroatoms. The van der Waals surface area contributed by atoms with Crippen LogP contribution in [0.5, 0.6) is 0 Å². The van der Waals surface area contributed by atoms with Crippen LogP contribution in [0.25, 0.3) is 0 Å². The van der Waals surface area contributed by atoms with Crippen molar-refractivity contribution in [1.29, 1.82) is 0 Å². The first kappa shape index (κ1) is 13.4. The molecule has 0 aromatic heterocycles. The monoisotopic (exact) mass is 254 g/mol. The molecular weight excluding hydrogens is 240 g/mol. The van der Waals surface area contributed by atoms with Gasteiger partial charge >= 0.3 is 5.97 Å². The second kappa shape index (κ2) is 6.15. The second-order valence-corrected chi connectivity index (χ2v) is 4.47. The predicted molar refractivity (Wildman–Crippen MR) is 67.1 cm³/mol. The van der Waals surface area contributed by atoms with Gasteiger partial charge in [-0.1, -0.05) is 12.1 Å². The van der Waals surface area contributed by atoms with E-state index in [9.17, 15) is 9.59 Å². The van der Waals surface area contributed by atoms with E-state index in [1.165, 1.54) is 11.8 Å². The second-order valence-electron chi connectivity index (χ2n) is 3.46. The van der Waals surface area contributed by atoms with Crippen molar-refractivity contribution in [2.75, 3.05) is 11.1 Å². The molecule has 92 valence electrons. The maximum absolute atomic E-state index is 10.7. The zero-order valence-corrected chi connectivity index (χ0v) is 10.2. The molecule has 0 radical (unpaired) electrons. The summed E-state index contributed by atoms with van der Waals surface area (Å²) in [6, 6.07) is 6.50. The number of thioether (sulfide) groups is 1. The lowest BCUT2D eigenvalue weighted by Crippen LogP contribution is -2.25. The first-order chi connectivity index (χ1) is 8.00. The number of nitrogens with two attached hydrogens (primary N) is 1. The number of primary amides is 1. The van der Waals surface area contributed by atoms with Crippen molar-refractivity contribution < 1.29 is 14.7 Å². The molecule has 17 heavy (non-hydrogen) atoms. The summed E-state index contributed by atoms with van der Waals surface area (Å²) in [5, 5.41) is 11.7. The molecule has 5 nitrogen and oxygen atoms in total. The number of rotatable bonds is 6. The van der Waals surface area contributed by atoms with Crippen LogP contribution in [-0.4, -0.2) is 28.8 Å². The zero-order valence-electron chi connectivity index (χ0n) is 9.34. The van der Waals surface area contributed by atoms with E-state index in [1.807, 2.05) is 12.1 Å². The summed E-state index contributed by atoms with van der Waals surface area (Å²) in [7, 11) is 0. The van der Waals surface area contributed by atoms with E-state index >= 15 is 0 Å². The van der Waals surface area contributed by atoms with Crippen LogP contribution < -0.4 is 11.1 Å². The minimum atomic E-state index is -0.931. The lowest BCUT2D eigenvalue weighted by molar-refractivity contribution is -0.137. The van der Waals surface area contributed by atoms with Gasteiger partial charge in [0.15, 0.2) is 0 Å². The summed E-state index contributed by atoms with van der Waals surface area (Å²) in [5.74, 6) is -1.17. The highest BCUT2D eigenvalue weighted by Crippen LogP contribution is 2.27. The van der Waals surface area contributed by atoms with Gasteiger partial charge in [0.25, 0.3) is 0 Å².